The molecule has 1 atom stereocenters. The van der Waals surface area contributed by atoms with Crippen LogP contribution in [0.1, 0.15) is 41.5 Å². The SMILES string of the molecule is Nc1ccccc1NC(=O)c1nc(C2CCC2)n2ccnc([AsH2])c12. The van der Waals surface area contributed by atoms with Crippen molar-refractivity contribution in [2.75, 3.05) is 11.1 Å². The molecule has 24 heavy (non-hydrogen) atoms. The third-order valence-corrected chi connectivity index (χ3v) is 5.39. The number of imidazole rings is 1. The molecule has 1 fully saturated rings. The summed E-state index contributed by atoms with van der Waals surface area (Å²) in [7, 11) is 0. The summed E-state index contributed by atoms with van der Waals surface area (Å²) in [6.45, 7) is 0. The van der Waals surface area contributed by atoms with E-state index in [-0.39, 0.29) is 5.91 Å². The molecule has 122 valence electrons. The fourth-order valence-electron chi connectivity index (χ4n) is 2.99. The molecule has 0 aliphatic heterocycles. The van der Waals surface area contributed by atoms with Crippen LogP contribution in [0, 0.1) is 0 Å². The molecule has 0 radical (unpaired) electrons. The van der Waals surface area contributed by atoms with Gasteiger partial charge in [-0.2, -0.15) is 0 Å². The summed E-state index contributed by atoms with van der Waals surface area (Å²) >= 11 is 1.38. The number of anilines is 2. The van der Waals surface area contributed by atoms with Gasteiger partial charge in [0.2, 0.25) is 0 Å². The van der Waals surface area contributed by atoms with Gasteiger partial charge in [0.15, 0.2) is 0 Å². The Morgan fingerprint density at radius 1 is 1.33 bits per heavy atom. The Bertz CT molecular complexity index is 932. The number of benzene rings is 1. The summed E-state index contributed by atoms with van der Waals surface area (Å²) in [6.07, 6.45) is 7.13. The summed E-state index contributed by atoms with van der Waals surface area (Å²) < 4.78 is 2.88. The molecule has 0 saturated heterocycles. The van der Waals surface area contributed by atoms with Crippen molar-refractivity contribution in [3.05, 3.63) is 48.2 Å². The molecule has 2 aromatic heterocycles. The van der Waals surface area contributed by atoms with Gasteiger partial charge in [-0.15, -0.1) is 0 Å². The molecule has 1 unspecified atom stereocenters. The van der Waals surface area contributed by atoms with Crippen LogP contribution in [0.2, 0.25) is 0 Å². The number of nitrogens with one attached hydrogen (secondary N) is 1. The van der Waals surface area contributed by atoms with E-state index in [9.17, 15) is 4.79 Å². The van der Waals surface area contributed by atoms with Crippen molar-refractivity contribution in [2.45, 2.75) is 25.2 Å². The van der Waals surface area contributed by atoms with Gasteiger partial charge in [0.25, 0.3) is 0 Å². The molecule has 4 rings (SSSR count). The fourth-order valence-corrected chi connectivity index (χ4v) is 3.75. The second-order valence-corrected chi connectivity index (χ2v) is 7.17. The van der Waals surface area contributed by atoms with Crippen molar-refractivity contribution in [3.63, 3.8) is 0 Å². The molecule has 1 aliphatic carbocycles. The second kappa shape index (κ2) is 5.95. The van der Waals surface area contributed by atoms with Gasteiger partial charge in [-0.25, -0.2) is 0 Å². The molecule has 7 heteroatoms. The van der Waals surface area contributed by atoms with Crippen molar-refractivity contribution in [1.29, 1.82) is 0 Å². The van der Waals surface area contributed by atoms with Crippen LogP contribution < -0.4 is 15.5 Å². The number of nitrogen functional groups attached to an aromatic ring is 1. The Labute approximate surface area is 148 Å². The Morgan fingerprint density at radius 3 is 2.83 bits per heavy atom. The minimum atomic E-state index is -0.247. The molecule has 0 bridgehead atoms. The maximum atomic E-state index is 12.8. The van der Waals surface area contributed by atoms with Crippen LogP contribution in [0.25, 0.3) is 5.52 Å². The standard InChI is InChI=1S/C17H18AsN5O/c18-15-14-13(17(24)21-12-7-2-1-6-11(12)19)22-16(10-4-3-5-10)23(14)9-8-20-15/h1-2,6-10H,3-5,18-19H2,(H,21,24). The van der Waals surface area contributed by atoms with Crippen LogP contribution >= 0.6 is 0 Å². The van der Waals surface area contributed by atoms with E-state index in [1.807, 2.05) is 22.7 Å². The first-order chi connectivity index (χ1) is 11.6. The van der Waals surface area contributed by atoms with E-state index < -0.39 is 0 Å². The van der Waals surface area contributed by atoms with E-state index in [2.05, 4.69) is 15.3 Å². The van der Waals surface area contributed by atoms with Crippen LogP contribution in [0.15, 0.2) is 36.7 Å². The van der Waals surface area contributed by atoms with E-state index in [1.165, 1.54) is 23.3 Å². The van der Waals surface area contributed by atoms with Crippen molar-refractivity contribution in [1.82, 2.24) is 14.4 Å². The summed E-state index contributed by atoms with van der Waals surface area (Å²) in [5.74, 6) is 1.14. The van der Waals surface area contributed by atoms with Gasteiger partial charge in [0, 0.05) is 0 Å². The number of carbonyl (C=O) groups excluding carboxylic acids is 1. The summed E-state index contributed by atoms with van der Waals surface area (Å²) in [5.41, 5.74) is 8.28. The van der Waals surface area contributed by atoms with Gasteiger partial charge in [-0.3, -0.25) is 0 Å². The van der Waals surface area contributed by atoms with Crippen molar-refractivity contribution in [2.24, 2.45) is 0 Å². The van der Waals surface area contributed by atoms with Gasteiger partial charge >= 0.3 is 148 Å². The normalized spacial score (nSPS) is 14.5. The fraction of sp³-hybridized carbons (Fsp3) is 0.235. The van der Waals surface area contributed by atoms with Crippen LogP contribution in [0.4, 0.5) is 11.4 Å². The molecule has 3 N–H and O–H groups in total. The first-order valence-corrected chi connectivity index (χ1v) is 9.14. The molecular formula is C17H18AsN5O. The zero-order valence-corrected chi connectivity index (χ0v) is 15.5. The van der Waals surface area contributed by atoms with E-state index in [0.29, 0.717) is 23.0 Å². The number of carbonyl (C=O) groups is 1. The number of aromatic nitrogens is 3. The Morgan fingerprint density at radius 2 is 2.12 bits per heavy atom. The Hall–Kier alpha value is -2.33. The van der Waals surface area contributed by atoms with Crippen molar-refractivity contribution >= 4 is 44.1 Å². The van der Waals surface area contributed by atoms with Gasteiger partial charge in [0.1, 0.15) is 0 Å². The van der Waals surface area contributed by atoms with Crippen LogP contribution in [0.3, 0.4) is 0 Å². The average molecular weight is 383 g/mol. The first kappa shape index (κ1) is 15.2. The van der Waals surface area contributed by atoms with Crippen LogP contribution in [-0.4, -0.2) is 37.1 Å². The maximum absolute atomic E-state index is 12.8. The third kappa shape index (κ3) is 2.47. The van der Waals surface area contributed by atoms with E-state index in [0.717, 1.165) is 28.7 Å². The van der Waals surface area contributed by atoms with Crippen LogP contribution in [-0.2, 0) is 0 Å². The molecule has 1 aromatic carbocycles. The molecule has 2 heterocycles. The number of amides is 1. The predicted octanol–water partition coefficient (Wildman–Crippen LogP) is 1.09. The summed E-state index contributed by atoms with van der Waals surface area (Å²) in [5, 5.41) is 2.87. The molecule has 1 saturated carbocycles. The van der Waals surface area contributed by atoms with Gasteiger partial charge in [0.05, 0.1) is 0 Å². The van der Waals surface area contributed by atoms with Gasteiger partial charge in [-0.05, 0) is 0 Å². The monoisotopic (exact) mass is 383 g/mol. The average Bonchev–Trinajstić information content (AvgIpc) is 2.89. The second-order valence-electron chi connectivity index (χ2n) is 6.02. The number of hydrogen-bond donors (Lipinski definition) is 2. The van der Waals surface area contributed by atoms with E-state index >= 15 is 0 Å². The number of nitrogens with zero attached hydrogens (tertiary/aromatic N) is 3. The molecule has 1 aliphatic rings. The zero-order valence-electron chi connectivity index (χ0n) is 13.1. The minimum absolute atomic E-state index is 0.247. The number of para-hydroxylation sites is 2. The molecule has 6 nitrogen and oxygen atoms in total. The zero-order chi connectivity index (χ0) is 16.7. The van der Waals surface area contributed by atoms with Gasteiger partial charge < -0.3 is 0 Å². The van der Waals surface area contributed by atoms with E-state index in [1.54, 1.807) is 18.3 Å². The number of hydrogen-bond acceptors (Lipinski definition) is 4. The van der Waals surface area contributed by atoms with Gasteiger partial charge in [-0.1, -0.05) is 0 Å². The number of rotatable bonds is 3. The predicted molar refractivity (Wildman–Crippen MR) is 96.6 cm³/mol. The van der Waals surface area contributed by atoms with Crippen LogP contribution in [0.5, 0.6) is 0 Å². The topological polar surface area (TPSA) is 85.3 Å². The Balaban J connectivity index is 1.78. The Kier molecular flexibility index (Phi) is 3.77. The summed E-state index contributed by atoms with van der Waals surface area (Å²) in [6, 6.07) is 7.22. The third-order valence-electron chi connectivity index (χ3n) is 4.50. The quantitative estimate of drug-likeness (QED) is 0.524. The summed E-state index contributed by atoms with van der Waals surface area (Å²) in [4.78, 5) is 21.8. The van der Waals surface area contributed by atoms with Crippen molar-refractivity contribution in [3.8, 4) is 0 Å². The van der Waals surface area contributed by atoms with Crippen molar-refractivity contribution < 1.29 is 4.79 Å². The molecule has 3 aromatic rings. The molecule has 0 spiro atoms. The molecule has 1 amide bonds. The number of nitrogens with two attached hydrogens (primary N) is 1. The molecular weight excluding hydrogens is 365 g/mol. The van der Waals surface area contributed by atoms with E-state index in [4.69, 9.17) is 5.73 Å². The first-order valence-electron chi connectivity index (χ1n) is 7.93. The number of fused-ring (bicyclic) bond motifs is 1.